The van der Waals surface area contributed by atoms with Crippen LogP contribution >= 0.6 is 0 Å². The van der Waals surface area contributed by atoms with Crippen molar-refractivity contribution in [2.45, 2.75) is 37.5 Å². The van der Waals surface area contributed by atoms with Crippen molar-refractivity contribution in [1.82, 2.24) is 15.5 Å². The van der Waals surface area contributed by atoms with Crippen LogP contribution in [-0.4, -0.2) is 36.5 Å². The van der Waals surface area contributed by atoms with Crippen molar-refractivity contribution < 1.29 is 9.15 Å². The third-order valence-electron chi connectivity index (χ3n) is 3.96. The lowest BCUT2D eigenvalue weighted by molar-refractivity contribution is 0.0464. The highest BCUT2D eigenvalue weighted by atomic mass is 16.5. The second-order valence-corrected chi connectivity index (χ2v) is 5.31. The minimum atomic E-state index is 0.00946. The third kappa shape index (κ3) is 2.09. The molecule has 5 heteroatoms. The van der Waals surface area contributed by atoms with Gasteiger partial charge in [0.25, 0.3) is 0 Å². The summed E-state index contributed by atoms with van der Waals surface area (Å²) in [4.78, 5) is 0. The molecule has 0 saturated carbocycles. The number of aromatic nitrogens is 2. The van der Waals surface area contributed by atoms with Gasteiger partial charge in [0.1, 0.15) is 0 Å². The first-order valence-corrected chi connectivity index (χ1v) is 6.40. The summed E-state index contributed by atoms with van der Waals surface area (Å²) >= 11 is 0. The molecular formula is C12H19N3O2. The van der Waals surface area contributed by atoms with Crippen molar-refractivity contribution in [1.29, 1.82) is 0 Å². The van der Waals surface area contributed by atoms with Crippen LogP contribution in [0.3, 0.4) is 0 Å². The lowest BCUT2D eigenvalue weighted by Crippen LogP contribution is -2.30. The van der Waals surface area contributed by atoms with Gasteiger partial charge in [-0.15, -0.1) is 10.2 Å². The van der Waals surface area contributed by atoms with Crippen molar-refractivity contribution >= 4 is 0 Å². The number of rotatable bonds is 2. The van der Waals surface area contributed by atoms with Gasteiger partial charge >= 0.3 is 0 Å². The van der Waals surface area contributed by atoms with Gasteiger partial charge in [0.2, 0.25) is 11.8 Å². The zero-order chi connectivity index (χ0) is 11.7. The topological polar surface area (TPSA) is 60.2 Å². The van der Waals surface area contributed by atoms with E-state index in [1.54, 1.807) is 0 Å². The van der Waals surface area contributed by atoms with Crippen molar-refractivity contribution in [3.8, 4) is 0 Å². The smallest absolute Gasteiger partial charge is 0.222 e. The van der Waals surface area contributed by atoms with E-state index in [2.05, 4.69) is 22.4 Å². The van der Waals surface area contributed by atoms with Gasteiger partial charge in [-0.3, -0.25) is 0 Å². The third-order valence-corrected chi connectivity index (χ3v) is 3.96. The Hall–Kier alpha value is -0.940. The Balaban J connectivity index is 1.78. The van der Waals surface area contributed by atoms with E-state index < -0.39 is 0 Å². The van der Waals surface area contributed by atoms with Gasteiger partial charge in [0, 0.05) is 19.8 Å². The van der Waals surface area contributed by atoms with Crippen molar-refractivity contribution in [2.24, 2.45) is 0 Å². The minimum Gasteiger partial charge on any atom is -0.424 e. The number of hydrogen-bond donors (Lipinski definition) is 1. The Morgan fingerprint density at radius 2 is 2.12 bits per heavy atom. The van der Waals surface area contributed by atoms with Crippen molar-refractivity contribution in [3.63, 3.8) is 0 Å². The van der Waals surface area contributed by atoms with Gasteiger partial charge in [-0.2, -0.15) is 0 Å². The summed E-state index contributed by atoms with van der Waals surface area (Å²) in [6.07, 6.45) is 3.04. The van der Waals surface area contributed by atoms with E-state index in [1.807, 2.05) is 0 Å². The van der Waals surface area contributed by atoms with Crippen molar-refractivity contribution in [2.75, 3.05) is 26.3 Å². The molecule has 0 amide bonds. The molecule has 3 rings (SSSR count). The molecule has 0 bridgehead atoms. The van der Waals surface area contributed by atoms with Gasteiger partial charge in [-0.05, 0) is 25.8 Å². The Morgan fingerprint density at radius 3 is 2.82 bits per heavy atom. The summed E-state index contributed by atoms with van der Waals surface area (Å²) in [5.41, 5.74) is 0.00946. The van der Waals surface area contributed by atoms with Crippen LogP contribution in [0.15, 0.2) is 4.42 Å². The second-order valence-electron chi connectivity index (χ2n) is 5.31. The number of nitrogens with zero attached hydrogens (tertiary/aromatic N) is 2. The van der Waals surface area contributed by atoms with Crippen LogP contribution < -0.4 is 5.32 Å². The maximum atomic E-state index is 5.89. The van der Waals surface area contributed by atoms with Crippen LogP contribution in [0.2, 0.25) is 0 Å². The molecule has 1 aromatic rings. The summed E-state index contributed by atoms with van der Waals surface area (Å²) in [5, 5.41) is 11.8. The molecule has 2 aliphatic rings. The summed E-state index contributed by atoms with van der Waals surface area (Å²) in [6.45, 7) is 5.78. The molecule has 1 N–H and O–H groups in total. The second kappa shape index (κ2) is 4.38. The normalized spacial score (nSPS) is 28.4. The first-order chi connectivity index (χ1) is 8.28. The van der Waals surface area contributed by atoms with E-state index in [0.717, 1.165) is 57.3 Å². The summed E-state index contributed by atoms with van der Waals surface area (Å²) in [7, 11) is 0. The molecule has 2 saturated heterocycles. The maximum Gasteiger partial charge on any atom is 0.222 e. The summed E-state index contributed by atoms with van der Waals surface area (Å²) in [5.74, 6) is 2.00. The quantitative estimate of drug-likeness (QED) is 0.838. The first kappa shape index (κ1) is 11.2. The fourth-order valence-electron chi connectivity index (χ4n) is 2.54. The molecule has 0 radical (unpaired) electrons. The van der Waals surface area contributed by atoms with E-state index in [1.165, 1.54) is 0 Å². The van der Waals surface area contributed by atoms with Gasteiger partial charge in [-0.1, -0.05) is 6.92 Å². The predicted octanol–water partition coefficient (Wildman–Crippen LogP) is 1.21. The molecule has 1 unspecified atom stereocenters. The van der Waals surface area contributed by atoms with Crippen LogP contribution in [0, 0.1) is 0 Å². The Kier molecular flexibility index (Phi) is 2.88. The highest BCUT2D eigenvalue weighted by Gasteiger charge is 2.35. The molecule has 94 valence electrons. The molecule has 3 heterocycles. The van der Waals surface area contributed by atoms with E-state index >= 15 is 0 Å². The van der Waals surface area contributed by atoms with Crippen LogP contribution in [0.1, 0.15) is 43.9 Å². The number of ether oxygens (including phenoxy) is 1. The lowest BCUT2D eigenvalue weighted by Gasteiger charge is -2.29. The summed E-state index contributed by atoms with van der Waals surface area (Å²) in [6, 6.07) is 0. The van der Waals surface area contributed by atoms with Crippen molar-refractivity contribution in [3.05, 3.63) is 11.8 Å². The van der Waals surface area contributed by atoms with Gasteiger partial charge in [0.15, 0.2) is 0 Å². The Labute approximate surface area is 101 Å². The molecule has 1 atom stereocenters. The lowest BCUT2D eigenvalue weighted by atomic mass is 9.82. The molecule has 2 aliphatic heterocycles. The van der Waals surface area contributed by atoms with Gasteiger partial charge < -0.3 is 14.5 Å². The molecule has 0 aliphatic carbocycles. The van der Waals surface area contributed by atoms with Crippen LogP contribution in [0.25, 0.3) is 0 Å². The van der Waals surface area contributed by atoms with E-state index in [0.29, 0.717) is 5.92 Å². The number of nitrogens with one attached hydrogen (secondary N) is 1. The van der Waals surface area contributed by atoms with E-state index in [9.17, 15) is 0 Å². The fraction of sp³-hybridized carbons (Fsp3) is 0.833. The predicted molar refractivity (Wildman–Crippen MR) is 61.9 cm³/mol. The molecule has 0 aromatic carbocycles. The van der Waals surface area contributed by atoms with Crippen LogP contribution in [-0.2, 0) is 10.2 Å². The van der Waals surface area contributed by atoms with Crippen LogP contribution in [0.5, 0.6) is 0 Å². The monoisotopic (exact) mass is 237 g/mol. The standard InChI is InChI=1S/C12H19N3O2/c1-12(3-6-16-7-4-12)11-15-14-10(17-11)9-2-5-13-8-9/h9,13H,2-8H2,1H3. The molecule has 17 heavy (non-hydrogen) atoms. The molecule has 5 nitrogen and oxygen atoms in total. The largest absolute Gasteiger partial charge is 0.424 e. The molecule has 1 aromatic heterocycles. The zero-order valence-corrected chi connectivity index (χ0v) is 10.2. The Bertz CT molecular complexity index is 379. The average Bonchev–Trinajstić information content (AvgIpc) is 3.01. The van der Waals surface area contributed by atoms with Crippen LogP contribution in [0.4, 0.5) is 0 Å². The van der Waals surface area contributed by atoms with Gasteiger partial charge in [-0.25, -0.2) is 0 Å². The van der Waals surface area contributed by atoms with E-state index in [-0.39, 0.29) is 5.41 Å². The number of hydrogen-bond acceptors (Lipinski definition) is 5. The summed E-state index contributed by atoms with van der Waals surface area (Å²) < 4.78 is 11.3. The van der Waals surface area contributed by atoms with E-state index in [4.69, 9.17) is 9.15 Å². The molecule has 2 fully saturated rings. The first-order valence-electron chi connectivity index (χ1n) is 6.40. The SMILES string of the molecule is CC1(c2nnc(C3CCNC3)o2)CCOCC1. The highest BCUT2D eigenvalue weighted by molar-refractivity contribution is 5.05. The highest BCUT2D eigenvalue weighted by Crippen LogP contribution is 2.34. The molecule has 0 spiro atoms. The zero-order valence-electron chi connectivity index (χ0n) is 10.2. The minimum absolute atomic E-state index is 0.00946. The molecular weight excluding hydrogens is 218 g/mol. The fourth-order valence-corrected chi connectivity index (χ4v) is 2.54. The van der Waals surface area contributed by atoms with Gasteiger partial charge in [0.05, 0.1) is 11.3 Å². The average molecular weight is 237 g/mol. The Morgan fingerprint density at radius 1 is 1.29 bits per heavy atom. The maximum absolute atomic E-state index is 5.89.